The number of aromatic nitrogens is 2. The van der Waals surface area contributed by atoms with Crippen molar-refractivity contribution in [3.05, 3.63) is 29.0 Å². The molecule has 2 aliphatic rings. The molecule has 1 aromatic carbocycles. The lowest BCUT2D eigenvalue weighted by Gasteiger charge is -2.15. The van der Waals surface area contributed by atoms with E-state index in [4.69, 9.17) is 27.1 Å². The summed E-state index contributed by atoms with van der Waals surface area (Å²) in [5.41, 5.74) is 8.28. The van der Waals surface area contributed by atoms with Crippen LogP contribution in [0.3, 0.4) is 0 Å². The Hall–Kier alpha value is -1.10. The van der Waals surface area contributed by atoms with Gasteiger partial charge in [-0.25, -0.2) is 4.98 Å². The highest BCUT2D eigenvalue weighted by atomic mass is 35.5. The van der Waals surface area contributed by atoms with E-state index in [9.17, 15) is 0 Å². The summed E-state index contributed by atoms with van der Waals surface area (Å²) in [5, 5.41) is 0.757. The first kappa shape index (κ1) is 11.7. The van der Waals surface area contributed by atoms with Gasteiger partial charge in [0.25, 0.3) is 0 Å². The summed E-state index contributed by atoms with van der Waals surface area (Å²) in [5.74, 6) is 1.27. The number of halogens is 1. The smallest absolute Gasteiger partial charge is 0.117 e. The zero-order valence-corrected chi connectivity index (χ0v) is 11.3. The topological polar surface area (TPSA) is 53.1 Å². The quantitative estimate of drug-likeness (QED) is 0.917. The van der Waals surface area contributed by atoms with Crippen LogP contribution in [0.25, 0.3) is 11.0 Å². The molecule has 1 saturated heterocycles. The number of hydrogen-bond donors (Lipinski definition) is 1. The van der Waals surface area contributed by atoms with Gasteiger partial charge in [0.1, 0.15) is 5.82 Å². The van der Waals surface area contributed by atoms with Crippen molar-refractivity contribution in [2.75, 3.05) is 13.2 Å². The molecular weight excluding hydrogens is 262 g/mol. The number of nitrogens with two attached hydrogens (primary N) is 1. The maximum Gasteiger partial charge on any atom is 0.117 e. The van der Waals surface area contributed by atoms with Crippen molar-refractivity contribution in [3.8, 4) is 0 Å². The van der Waals surface area contributed by atoms with E-state index >= 15 is 0 Å². The van der Waals surface area contributed by atoms with Gasteiger partial charge < -0.3 is 15.0 Å². The Bertz CT molecular complexity index is 635. The van der Waals surface area contributed by atoms with Crippen LogP contribution in [0, 0.1) is 0 Å². The van der Waals surface area contributed by atoms with Crippen molar-refractivity contribution in [3.63, 3.8) is 0 Å². The summed E-state index contributed by atoms with van der Waals surface area (Å²) < 4.78 is 7.83. The first-order valence-electron chi connectivity index (χ1n) is 6.75. The van der Waals surface area contributed by atoms with Gasteiger partial charge in [0.15, 0.2) is 0 Å². The van der Waals surface area contributed by atoms with Crippen LogP contribution in [0.5, 0.6) is 0 Å². The van der Waals surface area contributed by atoms with Crippen LogP contribution in [0.2, 0.25) is 5.02 Å². The Labute approximate surface area is 116 Å². The minimum atomic E-state index is 0.0461. The van der Waals surface area contributed by atoms with Gasteiger partial charge in [-0.1, -0.05) is 11.6 Å². The fraction of sp³-hybridized carbons (Fsp3) is 0.500. The number of imidazole rings is 1. The SMILES string of the molecule is NC1COCC1c1nc2ccc(Cl)cc2n1C1CC1. The Kier molecular flexibility index (Phi) is 2.59. The second-order valence-corrected chi connectivity index (χ2v) is 5.95. The molecule has 1 saturated carbocycles. The van der Waals surface area contributed by atoms with Crippen molar-refractivity contribution >= 4 is 22.6 Å². The van der Waals surface area contributed by atoms with E-state index in [1.165, 1.54) is 12.8 Å². The van der Waals surface area contributed by atoms with Crippen LogP contribution in [0.1, 0.15) is 30.6 Å². The molecule has 1 aliphatic heterocycles. The second-order valence-electron chi connectivity index (χ2n) is 5.51. The molecule has 1 aliphatic carbocycles. The summed E-state index contributed by atoms with van der Waals surface area (Å²) in [6.45, 7) is 1.30. The van der Waals surface area contributed by atoms with E-state index < -0.39 is 0 Å². The average Bonchev–Trinajstić information content (AvgIpc) is 3.03. The number of benzene rings is 1. The predicted molar refractivity (Wildman–Crippen MR) is 74.5 cm³/mol. The van der Waals surface area contributed by atoms with E-state index in [0.717, 1.165) is 21.9 Å². The number of fused-ring (bicyclic) bond motifs is 1. The number of rotatable bonds is 2. The molecule has 2 aromatic rings. The maximum atomic E-state index is 6.15. The average molecular weight is 278 g/mol. The monoisotopic (exact) mass is 277 g/mol. The molecule has 0 spiro atoms. The lowest BCUT2D eigenvalue weighted by molar-refractivity contribution is 0.190. The number of nitrogens with zero attached hydrogens (tertiary/aromatic N) is 2. The van der Waals surface area contributed by atoms with Gasteiger partial charge in [-0.05, 0) is 31.0 Å². The summed E-state index contributed by atoms with van der Waals surface area (Å²) in [4.78, 5) is 4.79. The lowest BCUT2D eigenvalue weighted by atomic mass is 10.0. The van der Waals surface area contributed by atoms with Crippen molar-refractivity contribution in [1.29, 1.82) is 0 Å². The zero-order chi connectivity index (χ0) is 13.0. The van der Waals surface area contributed by atoms with Crippen molar-refractivity contribution in [2.24, 2.45) is 5.73 Å². The van der Waals surface area contributed by atoms with E-state index in [1.54, 1.807) is 0 Å². The largest absolute Gasteiger partial charge is 0.379 e. The summed E-state index contributed by atoms with van der Waals surface area (Å²) in [6, 6.07) is 6.49. The van der Waals surface area contributed by atoms with Gasteiger partial charge in [0.05, 0.1) is 30.2 Å². The van der Waals surface area contributed by atoms with Gasteiger partial charge in [-0.3, -0.25) is 0 Å². The Balaban J connectivity index is 1.91. The third kappa shape index (κ3) is 1.86. The molecule has 1 aromatic heterocycles. The first-order valence-corrected chi connectivity index (χ1v) is 7.12. The molecule has 0 radical (unpaired) electrons. The normalized spacial score (nSPS) is 27.3. The molecule has 2 atom stereocenters. The fourth-order valence-electron chi connectivity index (χ4n) is 2.90. The van der Waals surface area contributed by atoms with Crippen molar-refractivity contribution < 1.29 is 4.74 Å². The molecule has 4 rings (SSSR count). The number of ether oxygens (including phenoxy) is 1. The molecular formula is C14H16ClN3O. The molecule has 4 nitrogen and oxygen atoms in total. The highest BCUT2D eigenvalue weighted by molar-refractivity contribution is 6.31. The molecule has 19 heavy (non-hydrogen) atoms. The highest BCUT2D eigenvalue weighted by Crippen LogP contribution is 2.41. The third-order valence-corrected chi connectivity index (χ3v) is 4.28. The molecule has 0 amide bonds. The summed E-state index contributed by atoms with van der Waals surface area (Å²) in [6.07, 6.45) is 2.43. The minimum absolute atomic E-state index is 0.0461. The second kappa shape index (κ2) is 4.20. The van der Waals surface area contributed by atoms with Crippen LogP contribution in [0.15, 0.2) is 18.2 Å². The molecule has 2 heterocycles. The van der Waals surface area contributed by atoms with E-state index in [1.807, 2.05) is 18.2 Å². The summed E-state index contributed by atoms with van der Waals surface area (Å²) in [7, 11) is 0. The maximum absolute atomic E-state index is 6.15. The van der Waals surface area contributed by atoms with Crippen molar-refractivity contribution in [1.82, 2.24) is 9.55 Å². The van der Waals surface area contributed by atoms with Crippen molar-refractivity contribution in [2.45, 2.75) is 30.8 Å². The molecule has 0 bridgehead atoms. The van der Waals surface area contributed by atoms with E-state index in [2.05, 4.69) is 4.57 Å². The van der Waals surface area contributed by atoms with Crippen LogP contribution >= 0.6 is 11.6 Å². The van der Waals surface area contributed by atoms with Crippen LogP contribution < -0.4 is 5.73 Å². The van der Waals surface area contributed by atoms with Crippen LogP contribution in [0.4, 0.5) is 0 Å². The van der Waals surface area contributed by atoms with Crippen LogP contribution in [-0.4, -0.2) is 28.8 Å². The standard InChI is InChI=1S/C14H16ClN3O/c15-8-1-4-12-13(5-8)18(9-2-3-9)14(17-12)10-6-19-7-11(10)16/h1,4-5,9-11H,2-3,6-7,16H2. The van der Waals surface area contributed by atoms with Gasteiger partial charge in [0, 0.05) is 17.1 Å². The number of hydrogen-bond acceptors (Lipinski definition) is 3. The Morgan fingerprint density at radius 3 is 2.84 bits per heavy atom. The lowest BCUT2D eigenvalue weighted by Crippen LogP contribution is -2.28. The molecule has 2 unspecified atom stereocenters. The fourth-order valence-corrected chi connectivity index (χ4v) is 3.07. The van der Waals surface area contributed by atoms with Gasteiger partial charge >= 0.3 is 0 Å². The Morgan fingerprint density at radius 1 is 1.32 bits per heavy atom. The molecule has 2 N–H and O–H groups in total. The predicted octanol–water partition coefficient (Wildman–Crippen LogP) is 2.47. The zero-order valence-electron chi connectivity index (χ0n) is 10.6. The summed E-state index contributed by atoms with van der Waals surface area (Å²) >= 11 is 6.12. The Morgan fingerprint density at radius 2 is 2.16 bits per heavy atom. The van der Waals surface area contributed by atoms with Crippen LogP contribution in [-0.2, 0) is 4.74 Å². The van der Waals surface area contributed by atoms with E-state index in [-0.39, 0.29) is 12.0 Å². The van der Waals surface area contributed by atoms with E-state index in [0.29, 0.717) is 19.3 Å². The molecule has 100 valence electrons. The van der Waals surface area contributed by atoms with Gasteiger partial charge in [0.2, 0.25) is 0 Å². The highest BCUT2D eigenvalue weighted by Gasteiger charge is 2.35. The molecule has 5 heteroatoms. The molecule has 2 fully saturated rings. The van der Waals surface area contributed by atoms with Gasteiger partial charge in [-0.15, -0.1) is 0 Å². The minimum Gasteiger partial charge on any atom is -0.379 e. The van der Waals surface area contributed by atoms with Gasteiger partial charge in [-0.2, -0.15) is 0 Å². The first-order chi connectivity index (χ1) is 9.24. The third-order valence-electron chi connectivity index (χ3n) is 4.05.